The highest BCUT2D eigenvalue weighted by molar-refractivity contribution is 14.0. The van der Waals surface area contributed by atoms with Crippen LogP contribution < -0.4 is 15.4 Å². The molecule has 1 heterocycles. The SMILES string of the molecule is CCNC(=NCc1cc(OC)ccc1O)NCC1CCCO1.I. The molecule has 0 bridgehead atoms. The summed E-state index contributed by atoms with van der Waals surface area (Å²) < 4.78 is 10.8. The Morgan fingerprint density at radius 1 is 1.43 bits per heavy atom. The van der Waals surface area contributed by atoms with Gasteiger partial charge in [-0.1, -0.05) is 0 Å². The van der Waals surface area contributed by atoms with Gasteiger partial charge in [0.15, 0.2) is 5.96 Å². The lowest BCUT2D eigenvalue weighted by Crippen LogP contribution is -2.41. The second-order valence-corrected chi connectivity index (χ2v) is 5.21. The molecule has 1 aromatic rings. The summed E-state index contributed by atoms with van der Waals surface area (Å²) in [4.78, 5) is 4.50. The van der Waals surface area contributed by atoms with E-state index in [-0.39, 0.29) is 35.8 Å². The first-order valence-electron chi connectivity index (χ1n) is 7.72. The summed E-state index contributed by atoms with van der Waals surface area (Å²) in [6, 6.07) is 5.14. The van der Waals surface area contributed by atoms with Crippen LogP contribution in [0.2, 0.25) is 0 Å². The summed E-state index contributed by atoms with van der Waals surface area (Å²) in [5, 5.41) is 16.4. The standard InChI is InChI=1S/C16H25N3O3.HI/c1-3-17-16(19-11-14-5-4-8-22-14)18-10-12-9-13(21-2)6-7-15(12)20;/h6-7,9,14,20H,3-5,8,10-11H2,1-2H3,(H2,17,18,19);1H. The Morgan fingerprint density at radius 3 is 2.91 bits per heavy atom. The van der Waals surface area contributed by atoms with E-state index < -0.39 is 0 Å². The number of aromatic hydroxyl groups is 1. The smallest absolute Gasteiger partial charge is 0.191 e. The van der Waals surface area contributed by atoms with Crippen molar-refractivity contribution in [3.8, 4) is 11.5 Å². The predicted molar refractivity (Wildman–Crippen MR) is 102 cm³/mol. The minimum Gasteiger partial charge on any atom is -0.508 e. The highest BCUT2D eigenvalue weighted by Gasteiger charge is 2.15. The van der Waals surface area contributed by atoms with Crippen LogP contribution in [-0.4, -0.2) is 44.0 Å². The van der Waals surface area contributed by atoms with Crippen molar-refractivity contribution in [2.24, 2.45) is 4.99 Å². The van der Waals surface area contributed by atoms with Crippen molar-refractivity contribution in [1.29, 1.82) is 0 Å². The fourth-order valence-electron chi connectivity index (χ4n) is 2.34. The van der Waals surface area contributed by atoms with Gasteiger partial charge in [0.2, 0.25) is 0 Å². The van der Waals surface area contributed by atoms with E-state index in [0.717, 1.165) is 44.1 Å². The molecule has 1 aliphatic heterocycles. The number of phenolic OH excluding ortho intramolecular Hbond substituents is 1. The van der Waals surface area contributed by atoms with Gasteiger partial charge in [0, 0.05) is 25.3 Å². The minimum absolute atomic E-state index is 0. The molecule has 1 unspecified atom stereocenters. The summed E-state index contributed by atoms with van der Waals surface area (Å²) >= 11 is 0. The fraction of sp³-hybridized carbons (Fsp3) is 0.562. The number of halogens is 1. The maximum atomic E-state index is 9.89. The maximum absolute atomic E-state index is 9.89. The first-order chi connectivity index (χ1) is 10.7. The summed E-state index contributed by atoms with van der Waals surface area (Å²) in [7, 11) is 1.60. The second-order valence-electron chi connectivity index (χ2n) is 5.21. The lowest BCUT2D eigenvalue weighted by Gasteiger charge is -2.15. The first kappa shape index (κ1) is 19.8. The van der Waals surface area contributed by atoms with Gasteiger partial charge in [0.05, 0.1) is 19.8 Å². The molecule has 3 N–H and O–H groups in total. The van der Waals surface area contributed by atoms with Crippen LogP contribution in [0.4, 0.5) is 0 Å². The predicted octanol–water partition coefficient (Wildman–Crippen LogP) is 2.25. The number of guanidine groups is 1. The van der Waals surface area contributed by atoms with Gasteiger partial charge in [-0.3, -0.25) is 0 Å². The average molecular weight is 435 g/mol. The molecule has 6 nitrogen and oxygen atoms in total. The van der Waals surface area contributed by atoms with E-state index in [1.54, 1.807) is 25.3 Å². The lowest BCUT2D eigenvalue weighted by molar-refractivity contribution is 0.114. The van der Waals surface area contributed by atoms with Crippen molar-refractivity contribution >= 4 is 29.9 Å². The van der Waals surface area contributed by atoms with Gasteiger partial charge in [-0.05, 0) is 38.0 Å². The molecule has 23 heavy (non-hydrogen) atoms. The van der Waals surface area contributed by atoms with E-state index in [1.165, 1.54) is 0 Å². The second kappa shape index (κ2) is 10.5. The summed E-state index contributed by atoms with van der Waals surface area (Å²) in [6.45, 7) is 4.77. The lowest BCUT2D eigenvalue weighted by atomic mass is 10.2. The average Bonchev–Trinajstić information content (AvgIpc) is 3.05. The molecule has 0 aliphatic carbocycles. The van der Waals surface area contributed by atoms with Gasteiger partial charge in [-0.15, -0.1) is 24.0 Å². The van der Waals surface area contributed by atoms with E-state index in [0.29, 0.717) is 12.3 Å². The zero-order valence-electron chi connectivity index (χ0n) is 13.7. The third kappa shape index (κ3) is 6.42. The molecule has 0 aromatic heterocycles. The van der Waals surface area contributed by atoms with Crippen LogP contribution in [0.5, 0.6) is 11.5 Å². The third-order valence-electron chi connectivity index (χ3n) is 3.56. The van der Waals surface area contributed by atoms with Crippen molar-refractivity contribution in [3.63, 3.8) is 0 Å². The quantitative estimate of drug-likeness (QED) is 0.363. The molecular weight excluding hydrogens is 409 g/mol. The number of hydrogen-bond donors (Lipinski definition) is 3. The normalized spacial score (nSPS) is 17.5. The van der Waals surface area contributed by atoms with Crippen molar-refractivity contribution in [3.05, 3.63) is 23.8 Å². The van der Waals surface area contributed by atoms with Gasteiger partial charge in [-0.2, -0.15) is 0 Å². The number of methoxy groups -OCH3 is 1. The van der Waals surface area contributed by atoms with Crippen LogP contribution in [0.3, 0.4) is 0 Å². The van der Waals surface area contributed by atoms with Gasteiger partial charge in [0.1, 0.15) is 11.5 Å². The monoisotopic (exact) mass is 435 g/mol. The number of benzene rings is 1. The van der Waals surface area contributed by atoms with Crippen LogP contribution in [0.1, 0.15) is 25.3 Å². The Labute approximate surface area is 154 Å². The number of phenols is 1. The topological polar surface area (TPSA) is 75.1 Å². The molecule has 130 valence electrons. The summed E-state index contributed by atoms with van der Waals surface area (Å²) in [6.07, 6.45) is 2.47. The van der Waals surface area contributed by atoms with Crippen molar-refractivity contribution in [1.82, 2.24) is 10.6 Å². The van der Waals surface area contributed by atoms with Crippen molar-refractivity contribution < 1.29 is 14.6 Å². The molecule has 1 aliphatic rings. The molecule has 7 heteroatoms. The van der Waals surface area contributed by atoms with Gasteiger partial charge < -0.3 is 25.2 Å². The van der Waals surface area contributed by atoms with E-state index in [1.807, 2.05) is 6.92 Å². The summed E-state index contributed by atoms with van der Waals surface area (Å²) in [5.74, 6) is 1.65. The minimum atomic E-state index is 0. The van der Waals surface area contributed by atoms with Gasteiger partial charge in [0.25, 0.3) is 0 Å². The zero-order valence-corrected chi connectivity index (χ0v) is 16.0. The number of nitrogens with zero attached hydrogens (tertiary/aromatic N) is 1. The van der Waals surface area contributed by atoms with Crippen molar-refractivity contribution in [2.75, 3.05) is 26.8 Å². The van der Waals surface area contributed by atoms with Crippen LogP contribution >= 0.6 is 24.0 Å². The molecule has 0 spiro atoms. The van der Waals surface area contributed by atoms with E-state index in [2.05, 4.69) is 15.6 Å². The highest BCUT2D eigenvalue weighted by atomic mass is 127. The Balaban J connectivity index is 0.00000264. The van der Waals surface area contributed by atoms with Crippen LogP contribution in [0.25, 0.3) is 0 Å². The molecule has 1 aromatic carbocycles. The molecule has 0 radical (unpaired) electrons. The molecular formula is C16H26IN3O3. The van der Waals surface area contributed by atoms with Crippen LogP contribution in [-0.2, 0) is 11.3 Å². The van der Waals surface area contributed by atoms with E-state index in [9.17, 15) is 5.11 Å². The van der Waals surface area contributed by atoms with Crippen LogP contribution in [0, 0.1) is 0 Å². The molecule has 1 atom stereocenters. The third-order valence-corrected chi connectivity index (χ3v) is 3.56. The van der Waals surface area contributed by atoms with Gasteiger partial charge >= 0.3 is 0 Å². The summed E-state index contributed by atoms with van der Waals surface area (Å²) in [5.41, 5.74) is 0.730. The molecule has 1 fully saturated rings. The van der Waals surface area contributed by atoms with Crippen LogP contribution in [0.15, 0.2) is 23.2 Å². The molecule has 1 saturated heterocycles. The number of aliphatic imine (C=N–C) groups is 1. The highest BCUT2D eigenvalue weighted by Crippen LogP contribution is 2.23. The fourth-order valence-corrected chi connectivity index (χ4v) is 2.34. The van der Waals surface area contributed by atoms with Gasteiger partial charge in [-0.25, -0.2) is 4.99 Å². The number of nitrogens with one attached hydrogen (secondary N) is 2. The number of hydrogen-bond acceptors (Lipinski definition) is 4. The molecule has 0 amide bonds. The zero-order chi connectivity index (χ0) is 15.8. The largest absolute Gasteiger partial charge is 0.508 e. The van der Waals surface area contributed by atoms with Crippen molar-refractivity contribution in [2.45, 2.75) is 32.4 Å². The number of ether oxygens (including phenoxy) is 2. The molecule has 0 saturated carbocycles. The Kier molecular flexibility index (Phi) is 9.08. The molecule has 2 rings (SSSR count). The Hall–Kier alpha value is -1.22. The van der Waals surface area contributed by atoms with E-state index >= 15 is 0 Å². The first-order valence-corrected chi connectivity index (χ1v) is 7.72. The van der Waals surface area contributed by atoms with E-state index in [4.69, 9.17) is 9.47 Å². The maximum Gasteiger partial charge on any atom is 0.191 e. The Bertz CT molecular complexity index is 505. The number of rotatable bonds is 6. The Morgan fingerprint density at radius 2 is 2.26 bits per heavy atom.